The molecule has 0 spiro atoms. The lowest BCUT2D eigenvalue weighted by atomic mass is 9.77. The molecule has 1 aliphatic rings. The largest absolute Gasteiger partial charge is 0.313 e. The number of hydroxylamine groups is 2. The number of carbonyl (C=O) groups is 1. The number of nitrogens with zero attached hydrogens (tertiary/aromatic N) is 1. The fourth-order valence-corrected chi connectivity index (χ4v) is 1.45. The van der Waals surface area contributed by atoms with Gasteiger partial charge in [0.05, 0.1) is 5.54 Å². The standard InChI is InChI=1S/C9H17NO2/c1-8(2)5-7(11)9(3,4)10(12)6-8/h12H,5-6H2,1-4H3. The molecule has 1 heterocycles. The zero-order chi connectivity index (χ0) is 9.57. The molecule has 12 heavy (non-hydrogen) atoms. The van der Waals surface area contributed by atoms with Crippen LogP contribution in [0.2, 0.25) is 0 Å². The second kappa shape index (κ2) is 2.54. The second-order valence-electron chi connectivity index (χ2n) is 4.88. The van der Waals surface area contributed by atoms with Gasteiger partial charge in [-0.15, -0.1) is 0 Å². The molecule has 1 rings (SSSR count). The van der Waals surface area contributed by atoms with Crippen LogP contribution in [0.1, 0.15) is 34.1 Å². The van der Waals surface area contributed by atoms with Crippen molar-refractivity contribution in [2.45, 2.75) is 39.7 Å². The summed E-state index contributed by atoms with van der Waals surface area (Å²) in [5.74, 6) is 0.112. The Bertz CT molecular complexity index is 209. The number of carbonyl (C=O) groups excluding carboxylic acids is 1. The third-order valence-corrected chi connectivity index (χ3v) is 2.54. The van der Waals surface area contributed by atoms with Gasteiger partial charge in [-0.05, 0) is 19.3 Å². The highest BCUT2D eigenvalue weighted by Crippen LogP contribution is 2.33. The van der Waals surface area contributed by atoms with E-state index in [9.17, 15) is 10.0 Å². The van der Waals surface area contributed by atoms with E-state index in [0.29, 0.717) is 13.0 Å². The Labute approximate surface area is 73.3 Å². The monoisotopic (exact) mass is 171 g/mol. The molecule has 3 heteroatoms. The molecular weight excluding hydrogens is 154 g/mol. The lowest BCUT2D eigenvalue weighted by Crippen LogP contribution is -2.57. The highest BCUT2D eigenvalue weighted by molar-refractivity contribution is 5.88. The van der Waals surface area contributed by atoms with E-state index in [4.69, 9.17) is 0 Å². The van der Waals surface area contributed by atoms with Crippen LogP contribution in [0.15, 0.2) is 0 Å². The highest BCUT2D eigenvalue weighted by Gasteiger charge is 2.43. The van der Waals surface area contributed by atoms with E-state index in [0.717, 1.165) is 5.06 Å². The summed E-state index contributed by atoms with van der Waals surface area (Å²) in [6.45, 7) is 8.05. The first-order chi connectivity index (χ1) is 5.26. The zero-order valence-electron chi connectivity index (χ0n) is 8.22. The van der Waals surface area contributed by atoms with Crippen molar-refractivity contribution in [1.82, 2.24) is 5.06 Å². The van der Waals surface area contributed by atoms with Crippen molar-refractivity contribution in [3.8, 4) is 0 Å². The van der Waals surface area contributed by atoms with Gasteiger partial charge in [-0.25, -0.2) is 0 Å². The first kappa shape index (κ1) is 9.68. The maximum Gasteiger partial charge on any atom is 0.155 e. The van der Waals surface area contributed by atoms with Crippen LogP contribution in [0.4, 0.5) is 0 Å². The molecule has 1 saturated heterocycles. The SMILES string of the molecule is CC1(C)CC(=O)C(C)(C)N(O)C1. The molecule has 0 aromatic heterocycles. The van der Waals surface area contributed by atoms with Crippen LogP contribution >= 0.6 is 0 Å². The van der Waals surface area contributed by atoms with Crippen molar-refractivity contribution in [2.24, 2.45) is 5.41 Å². The minimum Gasteiger partial charge on any atom is -0.313 e. The summed E-state index contributed by atoms with van der Waals surface area (Å²) in [6.07, 6.45) is 0.553. The summed E-state index contributed by atoms with van der Waals surface area (Å²) < 4.78 is 0. The van der Waals surface area contributed by atoms with Gasteiger partial charge in [0.25, 0.3) is 0 Å². The molecule has 0 amide bonds. The van der Waals surface area contributed by atoms with E-state index in [1.165, 1.54) is 0 Å². The van der Waals surface area contributed by atoms with E-state index in [2.05, 4.69) is 0 Å². The Morgan fingerprint density at radius 3 is 2.25 bits per heavy atom. The van der Waals surface area contributed by atoms with Crippen LogP contribution in [-0.2, 0) is 4.79 Å². The van der Waals surface area contributed by atoms with E-state index >= 15 is 0 Å². The molecule has 1 fully saturated rings. The van der Waals surface area contributed by atoms with Crippen LogP contribution in [0, 0.1) is 5.41 Å². The van der Waals surface area contributed by atoms with Gasteiger partial charge in [0.15, 0.2) is 5.78 Å². The number of Topliss-reactive ketones (excluding diaryl/α,β-unsaturated/α-hetero) is 1. The molecule has 0 unspecified atom stereocenters. The topological polar surface area (TPSA) is 40.5 Å². The Morgan fingerprint density at radius 2 is 1.83 bits per heavy atom. The van der Waals surface area contributed by atoms with Gasteiger partial charge in [0, 0.05) is 13.0 Å². The molecule has 3 nitrogen and oxygen atoms in total. The molecule has 0 aliphatic carbocycles. The van der Waals surface area contributed by atoms with Crippen molar-refractivity contribution in [1.29, 1.82) is 0 Å². The molecule has 0 atom stereocenters. The molecular formula is C9H17NO2. The van der Waals surface area contributed by atoms with Crippen molar-refractivity contribution >= 4 is 5.78 Å². The average molecular weight is 171 g/mol. The van der Waals surface area contributed by atoms with Crippen LogP contribution in [-0.4, -0.2) is 28.1 Å². The summed E-state index contributed by atoms with van der Waals surface area (Å²) in [6, 6.07) is 0. The molecule has 0 aromatic carbocycles. The van der Waals surface area contributed by atoms with Crippen LogP contribution in [0.25, 0.3) is 0 Å². The first-order valence-electron chi connectivity index (χ1n) is 4.25. The van der Waals surface area contributed by atoms with E-state index in [1.807, 2.05) is 13.8 Å². The van der Waals surface area contributed by atoms with Crippen molar-refractivity contribution < 1.29 is 10.0 Å². The normalized spacial score (nSPS) is 28.9. The number of hydrogen-bond donors (Lipinski definition) is 1. The predicted molar refractivity (Wildman–Crippen MR) is 46.0 cm³/mol. The molecule has 1 aliphatic heterocycles. The molecule has 1 N–H and O–H groups in total. The van der Waals surface area contributed by atoms with Crippen molar-refractivity contribution in [3.63, 3.8) is 0 Å². The predicted octanol–water partition coefficient (Wildman–Crippen LogP) is 1.46. The van der Waals surface area contributed by atoms with Gasteiger partial charge in [0.2, 0.25) is 0 Å². The van der Waals surface area contributed by atoms with Gasteiger partial charge >= 0.3 is 0 Å². The minimum absolute atomic E-state index is 0.0959. The lowest BCUT2D eigenvalue weighted by molar-refractivity contribution is -0.201. The Balaban J connectivity index is 2.85. The lowest BCUT2D eigenvalue weighted by Gasteiger charge is -2.43. The Morgan fingerprint density at radius 1 is 1.33 bits per heavy atom. The quantitative estimate of drug-likeness (QED) is 0.599. The van der Waals surface area contributed by atoms with Gasteiger partial charge in [-0.1, -0.05) is 13.8 Å². The third-order valence-electron chi connectivity index (χ3n) is 2.54. The van der Waals surface area contributed by atoms with Crippen molar-refractivity contribution in [3.05, 3.63) is 0 Å². The summed E-state index contributed by atoms with van der Waals surface area (Å²) in [7, 11) is 0. The number of piperidine rings is 1. The Hall–Kier alpha value is -0.410. The first-order valence-corrected chi connectivity index (χ1v) is 4.25. The third kappa shape index (κ3) is 1.52. The number of ketones is 1. The van der Waals surface area contributed by atoms with Crippen molar-refractivity contribution in [2.75, 3.05) is 6.54 Å². The van der Waals surface area contributed by atoms with Crippen LogP contribution in [0.3, 0.4) is 0 Å². The Kier molecular flexibility index (Phi) is 2.05. The highest BCUT2D eigenvalue weighted by atomic mass is 16.5. The molecule has 0 radical (unpaired) electrons. The molecule has 0 saturated carbocycles. The van der Waals surface area contributed by atoms with Gasteiger partial charge in [-0.2, -0.15) is 5.06 Å². The summed E-state index contributed by atoms with van der Waals surface area (Å²) in [4.78, 5) is 11.5. The fourth-order valence-electron chi connectivity index (χ4n) is 1.45. The minimum atomic E-state index is -0.699. The second-order valence-corrected chi connectivity index (χ2v) is 4.88. The zero-order valence-corrected chi connectivity index (χ0v) is 8.22. The smallest absolute Gasteiger partial charge is 0.155 e. The van der Waals surface area contributed by atoms with Crippen LogP contribution in [0.5, 0.6) is 0 Å². The van der Waals surface area contributed by atoms with E-state index < -0.39 is 5.54 Å². The fraction of sp³-hybridized carbons (Fsp3) is 0.889. The average Bonchev–Trinajstić information content (AvgIpc) is 1.82. The molecule has 70 valence electrons. The van der Waals surface area contributed by atoms with Gasteiger partial charge < -0.3 is 5.21 Å². The summed E-state index contributed by atoms with van der Waals surface area (Å²) in [5, 5.41) is 10.7. The maximum absolute atomic E-state index is 11.5. The summed E-state index contributed by atoms with van der Waals surface area (Å²) >= 11 is 0. The van der Waals surface area contributed by atoms with E-state index in [1.54, 1.807) is 13.8 Å². The maximum atomic E-state index is 11.5. The molecule has 0 bridgehead atoms. The number of hydrogen-bond acceptors (Lipinski definition) is 3. The molecule has 0 aromatic rings. The number of rotatable bonds is 0. The van der Waals surface area contributed by atoms with E-state index in [-0.39, 0.29) is 11.2 Å². The van der Waals surface area contributed by atoms with Gasteiger partial charge in [0.1, 0.15) is 0 Å². The summed E-state index contributed by atoms with van der Waals surface area (Å²) in [5.41, 5.74) is -0.795. The van der Waals surface area contributed by atoms with Crippen LogP contribution < -0.4 is 0 Å². The van der Waals surface area contributed by atoms with Gasteiger partial charge in [-0.3, -0.25) is 4.79 Å².